The molecule has 3 nitrogen and oxygen atoms in total. The summed E-state index contributed by atoms with van der Waals surface area (Å²) < 4.78 is 78.0. The molecule has 0 bridgehead atoms. The molecule has 0 radical (unpaired) electrons. The fourth-order valence-electron chi connectivity index (χ4n) is 3.00. The van der Waals surface area contributed by atoms with Crippen LogP contribution >= 0.6 is 23.2 Å². The van der Waals surface area contributed by atoms with Crippen molar-refractivity contribution >= 4 is 34.9 Å². The number of Topliss-reactive ketones (excluding diaryl/α,β-unsaturated/α-hetero) is 1. The van der Waals surface area contributed by atoms with Crippen molar-refractivity contribution in [2.75, 3.05) is 0 Å². The van der Waals surface area contributed by atoms with Gasteiger partial charge in [0.15, 0.2) is 5.78 Å². The third kappa shape index (κ3) is 7.41. The molecule has 1 N–H and O–H groups in total. The quantitative estimate of drug-likeness (QED) is 0.455. The first-order valence-electron chi connectivity index (χ1n) is 9.19. The Kier molecular flexibility index (Phi) is 8.22. The molecule has 1 atom stereocenters. The van der Waals surface area contributed by atoms with Crippen LogP contribution < -0.4 is 5.32 Å². The van der Waals surface area contributed by atoms with E-state index in [2.05, 4.69) is 5.32 Å². The molecule has 0 aliphatic heterocycles. The van der Waals surface area contributed by atoms with Crippen molar-refractivity contribution < 1.29 is 35.9 Å². The molecule has 174 valence electrons. The Morgan fingerprint density at radius 3 is 1.91 bits per heavy atom. The number of aryl methyl sites for hydroxylation is 1. The third-order valence-electron chi connectivity index (χ3n) is 4.50. The van der Waals surface area contributed by atoms with Gasteiger partial charge in [-0.2, -0.15) is 26.3 Å². The maximum atomic E-state index is 13.0. The highest BCUT2D eigenvalue weighted by molar-refractivity contribution is 6.42. The van der Waals surface area contributed by atoms with Crippen molar-refractivity contribution in [3.8, 4) is 0 Å². The van der Waals surface area contributed by atoms with E-state index in [-0.39, 0.29) is 40.9 Å². The molecule has 0 aliphatic carbocycles. The van der Waals surface area contributed by atoms with Crippen LogP contribution in [0.3, 0.4) is 0 Å². The standard InChI is InChI=1S/C21H17Cl2F6NO2/c1-11(31)30-18(9-13-2-4-16(22)17(23)8-13)19(32)5-3-12-6-14(20(24,25)26)10-15(7-12)21(27,28)29/h2,4,6-8,10,18H,3,5,9H2,1H3,(H,30,31). The molecule has 0 fully saturated rings. The second-order valence-corrected chi connectivity index (χ2v) is 7.90. The molecule has 0 saturated carbocycles. The van der Waals surface area contributed by atoms with Gasteiger partial charge in [0.1, 0.15) is 0 Å². The van der Waals surface area contributed by atoms with Crippen LogP contribution in [-0.4, -0.2) is 17.7 Å². The molecule has 2 rings (SSSR count). The number of nitrogens with one attached hydrogen (secondary N) is 1. The molecule has 1 unspecified atom stereocenters. The van der Waals surface area contributed by atoms with Gasteiger partial charge in [-0.05, 0) is 54.3 Å². The summed E-state index contributed by atoms with van der Waals surface area (Å²) >= 11 is 11.8. The lowest BCUT2D eigenvalue weighted by Crippen LogP contribution is -2.41. The van der Waals surface area contributed by atoms with E-state index in [9.17, 15) is 35.9 Å². The Morgan fingerprint density at radius 2 is 1.44 bits per heavy atom. The molecule has 2 aromatic rings. The number of amides is 1. The number of hydrogen-bond acceptors (Lipinski definition) is 2. The van der Waals surface area contributed by atoms with Gasteiger partial charge in [0.2, 0.25) is 5.91 Å². The van der Waals surface area contributed by atoms with Gasteiger partial charge in [-0.25, -0.2) is 0 Å². The minimum Gasteiger partial charge on any atom is -0.346 e. The SMILES string of the molecule is CC(=O)NC(Cc1ccc(Cl)c(Cl)c1)C(=O)CCc1cc(C(F)(F)F)cc(C(F)(F)F)c1. The molecule has 0 aliphatic rings. The van der Waals surface area contributed by atoms with Crippen LogP contribution in [0.25, 0.3) is 0 Å². The predicted molar refractivity (Wildman–Crippen MR) is 108 cm³/mol. The Morgan fingerprint density at radius 1 is 0.875 bits per heavy atom. The van der Waals surface area contributed by atoms with Gasteiger partial charge in [0, 0.05) is 13.3 Å². The van der Waals surface area contributed by atoms with E-state index in [1.54, 1.807) is 6.07 Å². The summed E-state index contributed by atoms with van der Waals surface area (Å²) in [5.74, 6) is -1.08. The van der Waals surface area contributed by atoms with E-state index >= 15 is 0 Å². The first kappa shape index (κ1) is 26.0. The maximum absolute atomic E-state index is 13.0. The summed E-state index contributed by atoms with van der Waals surface area (Å²) in [5, 5.41) is 2.95. The average molecular weight is 500 g/mol. The van der Waals surface area contributed by atoms with Crippen LogP contribution in [0.4, 0.5) is 26.3 Å². The first-order chi connectivity index (χ1) is 14.7. The number of carbonyl (C=O) groups excluding carboxylic acids is 2. The number of ketones is 1. The third-order valence-corrected chi connectivity index (χ3v) is 5.24. The molecule has 0 heterocycles. The number of hydrogen-bond donors (Lipinski definition) is 1. The fraction of sp³-hybridized carbons (Fsp3) is 0.333. The number of benzene rings is 2. The topological polar surface area (TPSA) is 46.2 Å². The van der Waals surface area contributed by atoms with Crippen LogP contribution in [0.1, 0.15) is 35.6 Å². The maximum Gasteiger partial charge on any atom is 0.416 e. The summed E-state index contributed by atoms with van der Waals surface area (Å²) in [6, 6.07) is 4.71. The summed E-state index contributed by atoms with van der Waals surface area (Å²) in [6.07, 6.45) is -10.7. The van der Waals surface area contributed by atoms with Gasteiger partial charge in [-0.1, -0.05) is 29.3 Å². The molecule has 0 saturated heterocycles. The smallest absolute Gasteiger partial charge is 0.346 e. The van der Waals surface area contributed by atoms with E-state index in [0.717, 1.165) is 0 Å². The van der Waals surface area contributed by atoms with E-state index in [0.29, 0.717) is 17.7 Å². The Balaban J connectivity index is 2.23. The molecule has 0 aromatic heterocycles. The number of rotatable bonds is 7. The van der Waals surface area contributed by atoms with Crippen molar-refractivity contribution in [3.63, 3.8) is 0 Å². The Bertz CT molecular complexity index is 973. The van der Waals surface area contributed by atoms with Crippen LogP contribution in [0.15, 0.2) is 36.4 Å². The van der Waals surface area contributed by atoms with Crippen LogP contribution in [0.5, 0.6) is 0 Å². The Hall–Kier alpha value is -2.26. The zero-order valence-electron chi connectivity index (χ0n) is 16.5. The van der Waals surface area contributed by atoms with Crippen molar-refractivity contribution in [1.29, 1.82) is 0 Å². The van der Waals surface area contributed by atoms with Gasteiger partial charge in [-0.3, -0.25) is 9.59 Å². The fourth-order valence-corrected chi connectivity index (χ4v) is 3.32. The van der Waals surface area contributed by atoms with E-state index in [4.69, 9.17) is 23.2 Å². The minimum atomic E-state index is -4.98. The molecule has 1 amide bonds. The van der Waals surface area contributed by atoms with Crippen LogP contribution in [-0.2, 0) is 34.8 Å². The zero-order valence-corrected chi connectivity index (χ0v) is 18.0. The molecule has 2 aromatic carbocycles. The largest absolute Gasteiger partial charge is 0.416 e. The number of alkyl halides is 6. The Labute approximate surface area is 189 Å². The minimum absolute atomic E-state index is 0.0195. The van der Waals surface area contributed by atoms with Gasteiger partial charge in [0.25, 0.3) is 0 Å². The normalized spacial score (nSPS) is 13.0. The highest BCUT2D eigenvalue weighted by atomic mass is 35.5. The van der Waals surface area contributed by atoms with E-state index in [1.807, 2.05) is 0 Å². The molecule has 32 heavy (non-hydrogen) atoms. The lowest BCUT2D eigenvalue weighted by Gasteiger charge is -2.18. The zero-order chi connectivity index (χ0) is 24.3. The monoisotopic (exact) mass is 499 g/mol. The lowest BCUT2D eigenvalue weighted by atomic mass is 9.96. The molecular weight excluding hydrogens is 483 g/mol. The van der Waals surface area contributed by atoms with Crippen LogP contribution in [0.2, 0.25) is 10.0 Å². The number of carbonyl (C=O) groups is 2. The average Bonchev–Trinajstić information content (AvgIpc) is 2.66. The second kappa shape index (κ2) is 10.1. The summed E-state index contributed by atoms with van der Waals surface area (Å²) in [5.41, 5.74) is -2.64. The summed E-state index contributed by atoms with van der Waals surface area (Å²) in [7, 11) is 0. The summed E-state index contributed by atoms with van der Waals surface area (Å²) in [6.45, 7) is 1.18. The molecule has 11 heteroatoms. The van der Waals surface area contributed by atoms with E-state index < -0.39 is 41.2 Å². The van der Waals surface area contributed by atoms with E-state index in [1.165, 1.54) is 19.1 Å². The van der Waals surface area contributed by atoms with Gasteiger partial charge < -0.3 is 5.32 Å². The predicted octanol–water partition coefficient (Wildman–Crippen LogP) is 6.28. The lowest BCUT2D eigenvalue weighted by molar-refractivity contribution is -0.143. The first-order valence-corrected chi connectivity index (χ1v) is 9.94. The van der Waals surface area contributed by atoms with Gasteiger partial charge in [-0.15, -0.1) is 0 Å². The molecular formula is C21H17Cl2F6NO2. The summed E-state index contributed by atoms with van der Waals surface area (Å²) in [4.78, 5) is 24.1. The van der Waals surface area contributed by atoms with Crippen molar-refractivity contribution in [2.24, 2.45) is 0 Å². The van der Waals surface area contributed by atoms with Gasteiger partial charge >= 0.3 is 12.4 Å². The van der Waals surface area contributed by atoms with Crippen molar-refractivity contribution in [2.45, 2.75) is 44.6 Å². The van der Waals surface area contributed by atoms with Crippen LogP contribution in [0, 0.1) is 0 Å². The van der Waals surface area contributed by atoms with Gasteiger partial charge in [0.05, 0.1) is 27.2 Å². The van der Waals surface area contributed by atoms with Crippen molar-refractivity contribution in [3.05, 3.63) is 68.7 Å². The highest BCUT2D eigenvalue weighted by Gasteiger charge is 2.37. The molecule has 0 spiro atoms. The highest BCUT2D eigenvalue weighted by Crippen LogP contribution is 2.36. The van der Waals surface area contributed by atoms with Crippen molar-refractivity contribution in [1.82, 2.24) is 5.32 Å². The number of halogens is 8. The second-order valence-electron chi connectivity index (χ2n) is 7.09.